The van der Waals surface area contributed by atoms with Gasteiger partial charge < -0.3 is 4.98 Å². The molecule has 3 nitrogen and oxygen atoms in total. The fourth-order valence-corrected chi connectivity index (χ4v) is 4.99. The van der Waals surface area contributed by atoms with E-state index in [1.807, 2.05) is 30.3 Å². The highest BCUT2D eigenvalue weighted by molar-refractivity contribution is 7.71. The van der Waals surface area contributed by atoms with Crippen molar-refractivity contribution in [2.24, 2.45) is 5.92 Å². The number of para-hydroxylation sites is 1. The van der Waals surface area contributed by atoms with Gasteiger partial charge in [0.05, 0.1) is 11.1 Å². The molecule has 1 atom stereocenters. The predicted molar refractivity (Wildman–Crippen MR) is 93.8 cm³/mol. The van der Waals surface area contributed by atoms with Crippen LogP contribution in [0.25, 0.3) is 15.9 Å². The van der Waals surface area contributed by atoms with Gasteiger partial charge in [0.2, 0.25) is 0 Å². The summed E-state index contributed by atoms with van der Waals surface area (Å²) in [6, 6.07) is 9.61. The molecular weight excluding hydrogens is 312 g/mol. The first kappa shape index (κ1) is 13.9. The maximum Gasteiger partial charge on any atom is 0.267 e. The van der Waals surface area contributed by atoms with Crippen molar-refractivity contribution in [3.05, 3.63) is 55.9 Å². The van der Waals surface area contributed by atoms with Gasteiger partial charge in [-0.2, -0.15) is 0 Å². The molecule has 5 heteroatoms. The zero-order valence-corrected chi connectivity index (χ0v) is 13.9. The molecule has 0 saturated carbocycles. The third-order valence-electron chi connectivity index (χ3n) is 4.37. The molecular formula is C17H16N2OS2. The molecule has 4 rings (SSSR count). The molecule has 1 N–H and O–H groups in total. The Morgan fingerprint density at radius 1 is 1.32 bits per heavy atom. The van der Waals surface area contributed by atoms with Crippen LogP contribution in [0.15, 0.2) is 35.1 Å². The first-order chi connectivity index (χ1) is 10.6. The van der Waals surface area contributed by atoms with E-state index in [1.165, 1.54) is 10.4 Å². The molecule has 1 aliphatic carbocycles. The molecule has 112 valence electrons. The van der Waals surface area contributed by atoms with E-state index in [2.05, 4.69) is 11.9 Å². The standard InChI is InChI=1S/C17H16N2OS2/c1-10-7-8-12-13(9-10)22-15-14(12)16(20)19(17(21)18-15)11-5-3-2-4-6-11/h2-6,10H,7-9H2,1H3,(H,18,21). The molecule has 1 aliphatic rings. The van der Waals surface area contributed by atoms with Gasteiger partial charge >= 0.3 is 0 Å². The zero-order valence-electron chi connectivity index (χ0n) is 12.3. The van der Waals surface area contributed by atoms with Crippen LogP contribution < -0.4 is 5.56 Å². The van der Waals surface area contributed by atoms with Crippen LogP contribution >= 0.6 is 23.6 Å². The van der Waals surface area contributed by atoms with Crippen LogP contribution in [-0.2, 0) is 12.8 Å². The first-order valence-electron chi connectivity index (χ1n) is 7.50. The Morgan fingerprint density at radius 2 is 2.09 bits per heavy atom. The highest BCUT2D eigenvalue weighted by Gasteiger charge is 2.23. The lowest BCUT2D eigenvalue weighted by Crippen LogP contribution is -2.21. The molecule has 1 aromatic carbocycles. The SMILES string of the molecule is CC1CCc2c(sc3[nH]c(=S)n(-c4ccccc4)c(=O)c23)C1. The molecule has 0 amide bonds. The van der Waals surface area contributed by atoms with Gasteiger partial charge in [-0.15, -0.1) is 11.3 Å². The van der Waals surface area contributed by atoms with Gasteiger partial charge in [-0.3, -0.25) is 9.36 Å². The summed E-state index contributed by atoms with van der Waals surface area (Å²) in [5, 5.41) is 0.837. The fraction of sp³-hybridized carbons (Fsp3) is 0.294. The average molecular weight is 328 g/mol. The fourth-order valence-electron chi connectivity index (χ4n) is 3.23. The Balaban J connectivity index is 2.05. The number of nitrogens with zero attached hydrogens (tertiary/aromatic N) is 1. The molecule has 3 aromatic rings. The molecule has 0 aliphatic heterocycles. The van der Waals surface area contributed by atoms with E-state index >= 15 is 0 Å². The summed E-state index contributed by atoms with van der Waals surface area (Å²) in [6.07, 6.45) is 3.21. The maximum absolute atomic E-state index is 13.0. The molecule has 2 aromatic heterocycles. The van der Waals surface area contributed by atoms with E-state index in [0.29, 0.717) is 10.7 Å². The third-order valence-corrected chi connectivity index (χ3v) is 5.82. The largest absolute Gasteiger partial charge is 0.323 e. The van der Waals surface area contributed by atoms with Gasteiger partial charge in [-0.25, -0.2) is 0 Å². The molecule has 0 fully saturated rings. The van der Waals surface area contributed by atoms with Crippen molar-refractivity contribution in [2.45, 2.75) is 26.2 Å². The Hall–Kier alpha value is -1.72. The normalized spacial score (nSPS) is 17.6. The summed E-state index contributed by atoms with van der Waals surface area (Å²) < 4.78 is 2.08. The summed E-state index contributed by atoms with van der Waals surface area (Å²) in [5.41, 5.74) is 2.07. The van der Waals surface area contributed by atoms with Crippen LogP contribution in [0.2, 0.25) is 0 Å². The average Bonchev–Trinajstić information content (AvgIpc) is 2.85. The number of fused-ring (bicyclic) bond motifs is 3. The van der Waals surface area contributed by atoms with Crippen molar-refractivity contribution < 1.29 is 0 Å². The molecule has 1 unspecified atom stereocenters. The van der Waals surface area contributed by atoms with Crippen LogP contribution in [0.4, 0.5) is 0 Å². The topological polar surface area (TPSA) is 37.8 Å². The number of benzene rings is 1. The third kappa shape index (κ3) is 2.08. The smallest absolute Gasteiger partial charge is 0.267 e. The van der Waals surface area contributed by atoms with Crippen LogP contribution in [0.5, 0.6) is 0 Å². The van der Waals surface area contributed by atoms with Gasteiger partial charge in [0, 0.05) is 4.88 Å². The first-order valence-corrected chi connectivity index (χ1v) is 8.72. The number of nitrogens with one attached hydrogen (secondary N) is 1. The van der Waals surface area contributed by atoms with E-state index in [9.17, 15) is 4.79 Å². The predicted octanol–water partition coefficient (Wildman–Crippen LogP) is 4.23. The van der Waals surface area contributed by atoms with Crippen LogP contribution in [0.1, 0.15) is 23.8 Å². The summed E-state index contributed by atoms with van der Waals surface area (Å²) in [7, 11) is 0. The molecule has 2 heterocycles. The van der Waals surface area contributed by atoms with Crippen LogP contribution in [0, 0.1) is 10.7 Å². The van der Waals surface area contributed by atoms with E-state index in [-0.39, 0.29) is 5.56 Å². The Kier molecular flexibility index (Phi) is 3.27. The van der Waals surface area contributed by atoms with Gasteiger partial charge in [-0.05, 0) is 55.1 Å². The zero-order chi connectivity index (χ0) is 15.3. The molecule has 0 spiro atoms. The molecule has 0 radical (unpaired) electrons. The molecule has 22 heavy (non-hydrogen) atoms. The van der Waals surface area contributed by atoms with Crippen molar-refractivity contribution in [3.63, 3.8) is 0 Å². The second-order valence-corrected chi connectivity index (χ2v) is 7.45. The Bertz CT molecular complexity index is 966. The number of thiophene rings is 1. The van der Waals surface area contributed by atoms with Crippen molar-refractivity contribution in [1.29, 1.82) is 0 Å². The number of aromatic amines is 1. The highest BCUT2D eigenvalue weighted by atomic mass is 32.1. The monoisotopic (exact) mass is 328 g/mol. The van der Waals surface area contributed by atoms with Crippen molar-refractivity contribution in [3.8, 4) is 5.69 Å². The highest BCUT2D eigenvalue weighted by Crippen LogP contribution is 2.35. The number of H-pyrrole nitrogens is 1. The minimum atomic E-state index is 0.0111. The van der Waals surface area contributed by atoms with Crippen molar-refractivity contribution in [2.75, 3.05) is 0 Å². The number of aromatic nitrogens is 2. The quantitative estimate of drug-likeness (QED) is 0.679. The Morgan fingerprint density at radius 3 is 2.86 bits per heavy atom. The lowest BCUT2D eigenvalue weighted by atomic mass is 9.89. The van der Waals surface area contributed by atoms with E-state index < -0.39 is 0 Å². The van der Waals surface area contributed by atoms with Gasteiger partial charge in [0.15, 0.2) is 4.77 Å². The van der Waals surface area contributed by atoms with Gasteiger partial charge in [0.1, 0.15) is 4.83 Å². The minimum Gasteiger partial charge on any atom is -0.323 e. The van der Waals surface area contributed by atoms with Crippen LogP contribution in [-0.4, -0.2) is 9.55 Å². The number of rotatable bonds is 1. The van der Waals surface area contributed by atoms with Gasteiger partial charge in [-0.1, -0.05) is 25.1 Å². The van der Waals surface area contributed by atoms with Crippen molar-refractivity contribution in [1.82, 2.24) is 9.55 Å². The number of aryl methyl sites for hydroxylation is 1. The lowest BCUT2D eigenvalue weighted by Gasteiger charge is -2.17. The lowest BCUT2D eigenvalue weighted by molar-refractivity contribution is 0.509. The van der Waals surface area contributed by atoms with E-state index in [4.69, 9.17) is 12.2 Å². The minimum absolute atomic E-state index is 0.0111. The van der Waals surface area contributed by atoms with Crippen molar-refractivity contribution >= 4 is 33.8 Å². The molecule has 0 saturated heterocycles. The number of hydrogen-bond acceptors (Lipinski definition) is 3. The maximum atomic E-state index is 13.0. The Labute approximate surface area is 137 Å². The van der Waals surface area contributed by atoms with E-state index in [1.54, 1.807) is 15.9 Å². The summed E-state index contributed by atoms with van der Waals surface area (Å²) >= 11 is 7.13. The van der Waals surface area contributed by atoms with Gasteiger partial charge in [0.25, 0.3) is 5.56 Å². The summed E-state index contributed by atoms with van der Waals surface area (Å²) in [6.45, 7) is 2.28. The second kappa shape index (κ2) is 5.18. The van der Waals surface area contributed by atoms with E-state index in [0.717, 1.165) is 35.2 Å². The van der Waals surface area contributed by atoms with Crippen LogP contribution in [0.3, 0.4) is 0 Å². The second-order valence-electron chi connectivity index (χ2n) is 5.96. The molecule has 0 bridgehead atoms. The summed E-state index contributed by atoms with van der Waals surface area (Å²) in [4.78, 5) is 18.6. The summed E-state index contributed by atoms with van der Waals surface area (Å²) in [5.74, 6) is 0.694. The number of hydrogen-bond donors (Lipinski definition) is 1.